The maximum atomic E-state index is 12.0. The fourth-order valence-corrected chi connectivity index (χ4v) is 2.64. The molecule has 1 N–H and O–H groups in total. The van der Waals surface area contributed by atoms with Gasteiger partial charge in [-0.05, 0) is 18.2 Å². The monoisotopic (exact) mass is 322 g/mol. The normalized spacial score (nSPS) is 10.9. The Hall–Kier alpha value is -2.61. The molecule has 0 atom stereocenters. The highest BCUT2D eigenvalue weighted by atomic mass is 32.2. The molecule has 7 nitrogen and oxygen atoms in total. The Morgan fingerprint density at radius 2 is 1.68 bits per heavy atom. The molecule has 0 aliphatic carbocycles. The number of nitrogens with zero attached hydrogens (tertiary/aromatic N) is 1. The van der Waals surface area contributed by atoms with Gasteiger partial charge >= 0.3 is 0 Å². The van der Waals surface area contributed by atoms with E-state index in [4.69, 9.17) is 4.74 Å². The Labute approximate surface area is 127 Å². The molecule has 0 saturated heterocycles. The zero-order valence-corrected chi connectivity index (χ0v) is 12.3. The molecule has 0 amide bonds. The van der Waals surface area contributed by atoms with Crippen LogP contribution in [0.1, 0.15) is 0 Å². The smallest absolute Gasteiger partial charge is 0.293 e. The maximum absolute atomic E-state index is 12.0. The van der Waals surface area contributed by atoms with E-state index in [0.717, 1.165) is 0 Å². The Morgan fingerprint density at radius 3 is 2.36 bits per heavy atom. The highest BCUT2D eigenvalue weighted by Crippen LogP contribution is 2.24. The van der Waals surface area contributed by atoms with E-state index in [0.29, 0.717) is 5.75 Å². The maximum Gasteiger partial charge on any atom is 0.293 e. The van der Waals surface area contributed by atoms with E-state index in [9.17, 15) is 18.5 Å². The van der Waals surface area contributed by atoms with Gasteiger partial charge in [0.25, 0.3) is 5.69 Å². The molecule has 0 aliphatic heterocycles. The van der Waals surface area contributed by atoms with Crippen LogP contribution in [0.2, 0.25) is 0 Å². The topological polar surface area (TPSA) is 98.5 Å². The molecule has 0 fully saturated rings. The molecule has 0 spiro atoms. The van der Waals surface area contributed by atoms with E-state index < -0.39 is 14.9 Å². The first-order valence-electron chi connectivity index (χ1n) is 6.40. The number of benzene rings is 2. The lowest BCUT2D eigenvalue weighted by Gasteiger charge is -2.09. The second-order valence-corrected chi connectivity index (χ2v) is 6.20. The van der Waals surface area contributed by atoms with Crippen LogP contribution in [0.5, 0.6) is 5.75 Å². The SMILES string of the molecule is O=[N+]([O-])c1ccccc1NS(=O)(=O)CCOc1ccccc1. The quantitative estimate of drug-likeness (QED) is 0.623. The largest absolute Gasteiger partial charge is 0.492 e. The van der Waals surface area contributed by atoms with Crippen molar-refractivity contribution in [3.05, 3.63) is 64.7 Å². The van der Waals surface area contributed by atoms with Crippen molar-refractivity contribution in [3.63, 3.8) is 0 Å². The summed E-state index contributed by atoms with van der Waals surface area (Å²) in [5.74, 6) is 0.247. The summed E-state index contributed by atoms with van der Waals surface area (Å²) in [7, 11) is -3.74. The molecule has 116 valence electrons. The van der Waals surface area contributed by atoms with Gasteiger partial charge in [-0.2, -0.15) is 0 Å². The molecular weight excluding hydrogens is 308 g/mol. The summed E-state index contributed by atoms with van der Waals surface area (Å²) in [4.78, 5) is 10.2. The van der Waals surface area contributed by atoms with Crippen molar-refractivity contribution in [3.8, 4) is 5.75 Å². The number of hydrogen-bond acceptors (Lipinski definition) is 5. The van der Waals surface area contributed by atoms with Gasteiger partial charge < -0.3 is 4.74 Å². The molecule has 0 aliphatic rings. The molecule has 0 saturated carbocycles. The Kier molecular flexibility index (Phi) is 4.95. The summed E-state index contributed by atoms with van der Waals surface area (Å²) >= 11 is 0. The molecule has 22 heavy (non-hydrogen) atoms. The standard InChI is InChI=1S/C14H14N2O5S/c17-16(18)14-9-5-4-8-13(14)15-22(19,20)11-10-21-12-6-2-1-3-7-12/h1-9,15H,10-11H2. The Morgan fingerprint density at radius 1 is 1.05 bits per heavy atom. The van der Waals surface area contributed by atoms with Crippen molar-refractivity contribution in [2.75, 3.05) is 17.1 Å². The van der Waals surface area contributed by atoms with E-state index in [-0.39, 0.29) is 23.7 Å². The Balaban J connectivity index is 1.98. The number of hydrogen-bond donors (Lipinski definition) is 1. The van der Waals surface area contributed by atoms with Gasteiger partial charge in [-0.3, -0.25) is 14.8 Å². The zero-order valence-electron chi connectivity index (χ0n) is 11.5. The summed E-state index contributed by atoms with van der Waals surface area (Å²) in [6.45, 7) is -0.0556. The van der Waals surface area contributed by atoms with Crippen molar-refractivity contribution >= 4 is 21.4 Å². The van der Waals surface area contributed by atoms with Crippen molar-refractivity contribution < 1.29 is 18.1 Å². The number of nitrogens with one attached hydrogen (secondary N) is 1. The highest BCUT2D eigenvalue weighted by Gasteiger charge is 2.18. The molecule has 0 bridgehead atoms. The minimum atomic E-state index is -3.74. The van der Waals surface area contributed by atoms with Crippen LogP contribution in [-0.2, 0) is 10.0 Å². The van der Waals surface area contributed by atoms with E-state index in [1.807, 2.05) is 6.07 Å². The van der Waals surface area contributed by atoms with Gasteiger partial charge in [0, 0.05) is 6.07 Å². The van der Waals surface area contributed by atoms with Crippen LogP contribution in [0.25, 0.3) is 0 Å². The first-order valence-corrected chi connectivity index (χ1v) is 8.05. The first-order chi connectivity index (χ1) is 10.5. The lowest BCUT2D eigenvalue weighted by molar-refractivity contribution is -0.383. The van der Waals surface area contributed by atoms with E-state index in [1.54, 1.807) is 24.3 Å². The molecule has 0 heterocycles. The summed E-state index contributed by atoms with van der Waals surface area (Å²) in [6, 6.07) is 14.3. The number of sulfonamides is 1. The first kappa shape index (κ1) is 15.8. The molecule has 0 radical (unpaired) electrons. The van der Waals surface area contributed by atoms with Gasteiger partial charge in [0.05, 0.1) is 4.92 Å². The third-order valence-electron chi connectivity index (χ3n) is 2.73. The molecule has 0 unspecified atom stereocenters. The molecule has 8 heteroatoms. The van der Waals surface area contributed by atoms with Crippen LogP contribution >= 0.6 is 0 Å². The van der Waals surface area contributed by atoms with Crippen molar-refractivity contribution in [2.45, 2.75) is 0 Å². The van der Waals surface area contributed by atoms with Crippen LogP contribution in [0, 0.1) is 10.1 Å². The molecule has 0 aromatic heterocycles. The third-order valence-corrected chi connectivity index (χ3v) is 3.97. The van der Waals surface area contributed by atoms with Crippen molar-refractivity contribution in [1.29, 1.82) is 0 Å². The van der Waals surface area contributed by atoms with Crippen LogP contribution in [0.3, 0.4) is 0 Å². The minimum absolute atomic E-state index is 0.0556. The van der Waals surface area contributed by atoms with Gasteiger partial charge in [-0.15, -0.1) is 0 Å². The second-order valence-electron chi connectivity index (χ2n) is 4.36. The number of nitro benzene ring substituents is 1. The number of anilines is 1. The highest BCUT2D eigenvalue weighted by molar-refractivity contribution is 7.92. The van der Waals surface area contributed by atoms with Crippen molar-refractivity contribution in [2.24, 2.45) is 0 Å². The lowest BCUT2D eigenvalue weighted by Crippen LogP contribution is -2.21. The fraction of sp³-hybridized carbons (Fsp3) is 0.143. The summed E-state index contributed by atoms with van der Waals surface area (Å²) in [5.41, 5.74) is -0.359. The van der Waals surface area contributed by atoms with Crippen LogP contribution in [0.15, 0.2) is 54.6 Å². The summed E-state index contributed by atoms with van der Waals surface area (Å²) in [5, 5.41) is 10.9. The van der Waals surface area contributed by atoms with Crippen LogP contribution < -0.4 is 9.46 Å². The van der Waals surface area contributed by atoms with Gasteiger partial charge in [-0.1, -0.05) is 30.3 Å². The van der Waals surface area contributed by atoms with Crippen LogP contribution in [-0.4, -0.2) is 25.7 Å². The molecule has 2 rings (SSSR count). The summed E-state index contributed by atoms with van der Waals surface area (Å²) in [6.07, 6.45) is 0. The molecular formula is C14H14N2O5S. The number of para-hydroxylation sites is 3. The molecule has 2 aromatic rings. The number of rotatable bonds is 7. The number of nitro groups is 1. The van der Waals surface area contributed by atoms with Crippen LogP contribution in [0.4, 0.5) is 11.4 Å². The predicted octanol–water partition coefficient (Wildman–Crippen LogP) is 2.42. The lowest BCUT2D eigenvalue weighted by atomic mass is 10.3. The third kappa shape index (κ3) is 4.45. The van der Waals surface area contributed by atoms with E-state index in [1.165, 1.54) is 24.3 Å². The van der Waals surface area contributed by atoms with E-state index >= 15 is 0 Å². The fourth-order valence-electron chi connectivity index (χ4n) is 1.72. The summed E-state index contributed by atoms with van der Waals surface area (Å²) < 4.78 is 31.4. The number of ether oxygens (including phenoxy) is 1. The van der Waals surface area contributed by atoms with Crippen molar-refractivity contribution in [1.82, 2.24) is 0 Å². The average molecular weight is 322 g/mol. The zero-order chi connectivity index (χ0) is 16.0. The second kappa shape index (κ2) is 6.90. The van der Waals surface area contributed by atoms with Gasteiger partial charge in [0.15, 0.2) is 0 Å². The molecule has 2 aromatic carbocycles. The van der Waals surface area contributed by atoms with E-state index in [2.05, 4.69) is 4.72 Å². The van der Waals surface area contributed by atoms with Gasteiger partial charge in [0.1, 0.15) is 23.8 Å². The van der Waals surface area contributed by atoms with Gasteiger partial charge in [0.2, 0.25) is 10.0 Å². The van der Waals surface area contributed by atoms with Gasteiger partial charge in [-0.25, -0.2) is 8.42 Å². The predicted molar refractivity (Wildman–Crippen MR) is 82.4 cm³/mol. The average Bonchev–Trinajstić information content (AvgIpc) is 2.48. The Bertz CT molecular complexity index is 747. The minimum Gasteiger partial charge on any atom is -0.492 e.